The summed E-state index contributed by atoms with van der Waals surface area (Å²) in [6, 6.07) is 11.5. The molecular weight excluding hydrogens is 546 g/mol. The number of aryl methyl sites for hydroxylation is 1. The number of nitrogens with zero attached hydrogens (tertiary/aromatic N) is 3. The fraction of sp³-hybridized carbons (Fsp3) is 0.529. The van der Waals surface area contributed by atoms with E-state index in [9.17, 15) is 9.90 Å². The van der Waals surface area contributed by atoms with Gasteiger partial charge in [-0.15, -0.1) is 11.3 Å². The Morgan fingerprint density at radius 2 is 2.07 bits per heavy atom. The van der Waals surface area contributed by atoms with Gasteiger partial charge in [0.1, 0.15) is 12.4 Å². The first-order chi connectivity index (χ1) is 20.4. The topological polar surface area (TPSA) is 75.1 Å². The Hall–Kier alpha value is -2.94. The number of hydrogen-bond donors (Lipinski definition) is 1. The van der Waals surface area contributed by atoms with Crippen LogP contribution < -0.4 is 9.64 Å². The molecule has 8 heteroatoms. The Morgan fingerprint density at radius 3 is 2.88 bits per heavy atom. The number of aromatic nitrogens is 1. The second kappa shape index (κ2) is 11.3. The summed E-state index contributed by atoms with van der Waals surface area (Å²) >= 11 is 1.64. The molecule has 42 heavy (non-hydrogen) atoms. The maximum Gasteiger partial charge on any atom is 0.310 e. The van der Waals surface area contributed by atoms with Crippen LogP contribution in [-0.4, -0.2) is 66.4 Å². The van der Waals surface area contributed by atoms with Gasteiger partial charge < -0.3 is 19.5 Å². The highest BCUT2D eigenvalue weighted by Gasteiger charge is 2.62. The van der Waals surface area contributed by atoms with Crippen molar-refractivity contribution >= 4 is 22.4 Å². The van der Waals surface area contributed by atoms with Crippen LogP contribution in [0.4, 0.5) is 5.13 Å². The molecule has 1 aromatic heterocycles. The highest BCUT2D eigenvalue weighted by Crippen LogP contribution is 2.58. The number of piperidine rings is 1. The summed E-state index contributed by atoms with van der Waals surface area (Å²) in [7, 11) is 0. The molecule has 3 atom stereocenters. The maximum absolute atomic E-state index is 11.7. The van der Waals surface area contributed by atoms with Gasteiger partial charge in [0.15, 0.2) is 5.13 Å². The number of fused-ring (bicyclic) bond motifs is 2. The van der Waals surface area contributed by atoms with E-state index in [0.717, 1.165) is 80.8 Å². The van der Waals surface area contributed by atoms with Crippen molar-refractivity contribution in [3.8, 4) is 17.0 Å². The molecule has 0 radical (unpaired) electrons. The van der Waals surface area contributed by atoms with Gasteiger partial charge in [-0.05, 0) is 92.7 Å². The molecule has 3 fully saturated rings. The summed E-state index contributed by atoms with van der Waals surface area (Å²) in [6.45, 7) is 10.4. The Bertz CT molecular complexity index is 1480. The minimum Gasteiger partial charge on any atom is -0.488 e. The van der Waals surface area contributed by atoms with Gasteiger partial charge in [-0.3, -0.25) is 9.69 Å². The van der Waals surface area contributed by atoms with Gasteiger partial charge in [0.2, 0.25) is 0 Å². The average molecular weight is 588 g/mol. The molecule has 7 nitrogen and oxygen atoms in total. The maximum atomic E-state index is 11.7. The van der Waals surface area contributed by atoms with Crippen LogP contribution >= 0.6 is 11.3 Å². The fourth-order valence-electron chi connectivity index (χ4n) is 7.43. The summed E-state index contributed by atoms with van der Waals surface area (Å²) < 4.78 is 12.3. The molecule has 3 aromatic rings. The highest BCUT2D eigenvalue weighted by atomic mass is 32.1. The van der Waals surface area contributed by atoms with Gasteiger partial charge in [-0.2, -0.15) is 0 Å². The van der Waals surface area contributed by atoms with Crippen LogP contribution in [0.5, 0.6) is 5.75 Å². The van der Waals surface area contributed by atoms with Gasteiger partial charge in [0.25, 0.3) is 0 Å². The molecule has 1 N–H and O–H groups in total. The molecule has 222 valence electrons. The largest absolute Gasteiger partial charge is 0.488 e. The van der Waals surface area contributed by atoms with Crippen LogP contribution in [0.2, 0.25) is 0 Å². The predicted molar refractivity (Wildman–Crippen MR) is 166 cm³/mol. The lowest BCUT2D eigenvalue weighted by Crippen LogP contribution is -2.42. The predicted octanol–water partition coefficient (Wildman–Crippen LogP) is 5.89. The number of thiazole rings is 1. The Labute approximate surface area is 252 Å². The van der Waals surface area contributed by atoms with Crippen molar-refractivity contribution < 1.29 is 19.4 Å². The number of ether oxygens (including phenoxy) is 2. The number of carboxylic acids is 1. The molecule has 2 saturated heterocycles. The zero-order chi connectivity index (χ0) is 28.8. The van der Waals surface area contributed by atoms with Crippen LogP contribution in [0.25, 0.3) is 11.3 Å². The lowest BCUT2D eigenvalue weighted by atomic mass is 9.94. The van der Waals surface area contributed by atoms with Crippen molar-refractivity contribution in [1.82, 2.24) is 9.88 Å². The number of benzene rings is 2. The van der Waals surface area contributed by atoms with Crippen LogP contribution in [-0.2, 0) is 29.0 Å². The molecule has 1 saturated carbocycles. The number of hydrogen-bond acceptors (Lipinski definition) is 7. The first kappa shape index (κ1) is 27.9. The third-order valence-corrected chi connectivity index (χ3v) is 11.2. The molecule has 2 aromatic carbocycles. The summed E-state index contributed by atoms with van der Waals surface area (Å²) in [5.74, 6) is 0.457. The Balaban J connectivity index is 1.05. The van der Waals surface area contributed by atoms with E-state index in [1.165, 1.54) is 40.7 Å². The zero-order valence-electron chi connectivity index (χ0n) is 24.7. The lowest BCUT2D eigenvalue weighted by Gasteiger charge is -2.33. The van der Waals surface area contributed by atoms with Crippen molar-refractivity contribution in [1.29, 1.82) is 0 Å². The summed E-state index contributed by atoms with van der Waals surface area (Å²) in [5.41, 5.74) is 8.20. The van der Waals surface area contributed by atoms with E-state index in [4.69, 9.17) is 14.5 Å². The van der Waals surface area contributed by atoms with E-state index in [1.807, 2.05) is 0 Å². The summed E-state index contributed by atoms with van der Waals surface area (Å²) in [4.78, 5) is 21.6. The quantitative estimate of drug-likeness (QED) is 0.370. The molecule has 0 amide bonds. The van der Waals surface area contributed by atoms with Crippen molar-refractivity contribution in [2.24, 2.45) is 11.3 Å². The van der Waals surface area contributed by atoms with Gasteiger partial charge in [0.05, 0.1) is 17.7 Å². The van der Waals surface area contributed by atoms with Crippen LogP contribution in [0.3, 0.4) is 0 Å². The van der Waals surface area contributed by atoms with Crippen molar-refractivity contribution in [2.45, 2.75) is 65.0 Å². The number of anilines is 1. The molecule has 0 bridgehead atoms. The average Bonchev–Trinajstić information content (AvgIpc) is 3.63. The van der Waals surface area contributed by atoms with Gasteiger partial charge in [0, 0.05) is 49.8 Å². The van der Waals surface area contributed by atoms with Crippen molar-refractivity contribution in [3.05, 3.63) is 63.5 Å². The molecular formula is C34H41N3O4S. The molecule has 3 aliphatic heterocycles. The van der Waals surface area contributed by atoms with E-state index < -0.39 is 11.4 Å². The van der Waals surface area contributed by atoms with Crippen molar-refractivity contribution in [3.63, 3.8) is 0 Å². The number of carboxylic acid groups (broad SMARTS) is 1. The summed E-state index contributed by atoms with van der Waals surface area (Å²) in [6.07, 6.45) is 6.09. The van der Waals surface area contributed by atoms with E-state index in [-0.39, 0.29) is 5.92 Å². The molecule has 4 aliphatic rings. The highest BCUT2D eigenvalue weighted by molar-refractivity contribution is 7.14. The lowest BCUT2D eigenvalue weighted by molar-refractivity contribution is -0.144. The first-order valence-corrected chi connectivity index (χ1v) is 16.4. The Kier molecular flexibility index (Phi) is 7.49. The SMILES string of the molecule is Cc1ccc(OCc2ccc3c(c2C)CCN(C2CCCOC2)CC3)c(-c2csc(N3CC[C@@]4(C(=O)O)C[C@H]4C3)n2)c1. The standard InChI is InChI=1S/C34H41N3O4S/c1-22-5-8-31(29(16-22)30-21-42-33(35-30)37-14-11-34(32(38)39)17-26(34)18-37)41-19-25-7-6-24-9-12-36(13-10-28(24)23(25)2)27-4-3-15-40-20-27/h5-8,16,21,26-27H,3-4,9-15,17-20H2,1-2H3,(H,38,39)/t26-,27?,34+/m0/s1. The van der Waals surface area contributed by atoms with Crippen LogP contribution in [0.15, 0.2) is 35.7 Å². The van der Waals surface area contributed by atoms with E-state index in [2.05, 4.69) is 59.4 Å². The molecule has 1 aliphatic carbocycles. The van der Waals surface area contributed by atoms with Gasteiger partial charge >= 0.3 is 5.97 Å². The van der Waals surface area contributed by atoms with E-state index in [1.54, 1.807) is 11.3 Å². The van der Waals surface area contributed by atoms with E-state index >= 15 is 0 Å². The van der Waals surface area contributed by atoms with Crippen LogP contribution in [0.1, 0.15) is 53.5 Å². The normalized spacial score (nSPS) is 25.8. The first-order valence-electron chi connectivity index (χ1n) is 15.5. The van der Waals surface area contributed by atoms with E-state index in [0.29, 0.717) is 19.1 Å². The number of rotatable bonds is 7. The zero-order valence-corrected chi connectivity index (χ0v) is 25.5. The summed E-state index contributed by atoms with van der Waals surface area (Å²) in [5, 5.41) is 12.7. The van der Waals surface area contributed by atoms with Crippen LogP contribution in [0, 0.1) is 25.2 Å². The minimum absolute atomic E-state index is 0.238. The minimum atomic E-state index is -0.630. The van der Waals surface area contributed by atoms with Gasteiger partial charge in [-0.25, -0.2) is 4.98 Å². The second-order valence-corrected chi connectivity index (χ2v) is 13.6. The number of carbonyl (C=O) groups is 1. The molecule has 0 spiro atoms. The smallest absolute Gasteiger partial charge is 0.310 e. The number of aliphatic carboxylic acids is 1. The Morgan fingerprint density at radius 1 is 1.19 bits per heavy atom. The van der Waals surface area contributed by atoms with Crippen molar-refractivity contribution in [2.75, 3.05) is 44.3 Å². The van der Waals surface area contributed by atoms with Gasteiger partial charge in [-0.1, -0.05) is 23.8 Å². The molecule has 4 heterocycles. The third-order valence-electron chi connectivity index (χ3n) is 10.3. The monoisotopic (exact) mass is 587 g/mol. The second-order valence-electron chi connectivity index (χ2n) is 12.8. The molecule has 1 unspecified atom stereocenters. The molecule has 7 rings (SSSR count). The third kappa shape index (κ3) is 5.22. The fourth-order valence-corrected chi connectivity index (χ4v) is 8.29.